The molecule has 1 aliphatic rings. The third-order valence-electron chi connectivity index (χ3n) is 3.50. The predicted molar refractivity (Wildman–Crippen MR) is 83.9 cm³/mol. The van der Waals surface area contributed by atoms with E-state index in [1.165, 1.54) is 0 Å². The standard InChI is InChI=1S/C15H20ClN3O3/c16-12-4-1-2-5-13(12)22-11-7-9-19(10-11)8-3-6-14(20)18-15(17)21/h1-2,4-5,11H,3,6-10H2,(H3,17,18,20,21)/t11-/m0/s1. The highest BCUT2D eigenvalue weighted by Gasteiger charge is 2.24. The van der Waals surface area contributed by atoms with Crippen molar-refractivity contribution in [1.82, 2.24) is 10.2 Å². The fraction of sp³-hybridized carbons (Fsp3) is 0.467. The van der Waals surface area contributed by atoms with Crippen LogP contribution in [0.1, 0.15) is 19.3 Å². The van der Waals surface area contributed by atoms with Gasteiger partial charge in [0, 0.05) is 19.5 Å². The second-order valence-corrected chi connectivity index (χ2v) is 5.68. The highest BCUT2D eigenvalue weighted by Crippen LogP contribution is 2.26. The Kier molecular flexibility index (Phi) is 6.03. The molecule has 1 saturated heterocycles. The van der Waals surface area contributed by atoms with Crippen molar-refractivity contribution in [1.29, 1.82) is 0 Å². The van der Waals surface area contributed by atoms with Crippen LogP contribution in [0, 0.1) is 0 Å². The molecular formula is C15H20ClN3O3. The van der Waals surface area contributed by atoms with Crippen LogP contribution in [0.5, 0.6) is 5.75 Å². The Morgan fingerprint density at radius 3 is 2.91 bits per heavy atom. The van der Waals surface area contributed by atoms with Gasteiger partial charge >= 0.3 is 6.03 Å². The molecule has 0 bridgehead atoms. The molecule has 3 amide bonds. The molecule has 1 heterocycles. The summed E-state index contributed by atoms with van der Waals surface area (Å²) in [6, 6.07) is 6.62. The van der Waals surface area contributed by atoms with Crippen molar-refractivity contribution >= 4 is 23.5 Å². The predicted octanol–water partition coefficient (Wildman–Crippen LogP) is 1.77. The van der Waals surface area contributed by atoms with Gasteiger partial charge in [0.2, 0.25) is 5.91 Å². The number of carbonyl (C=O) groups excluding carboxylic acids is 2. The van der Waals surface area contributed by atoms with Gasteiger partial charge in [-0.25, -0.2) is 4.79 Å². The minimum absolute atomic E-state index is 0.111. The fourth-order valence-electron chi connectivity index (χ4n) is 2.48. The summed E-state index contributed by atoms with van der Waals surface area (Å²) in [5.41, 5.74) is 4.88. The number of likely N-dealkylation sites (tertiary alicyclic amines) is 1. The number of nitrogens with two attached hydrogens (primary N) is 1. The number of carbonyl (C=O) groups is 2. The summed E-state index contributed by atoms with van der Waals surface area (Å²) < 4.78 is 5.90. The summed E-state index contributed by atoms with van der Waals surface area (Å²) in [4.78, 5) is 24.1. The van der Waals surface area contributed by atoms with Gasteiger partial charge in [0.25, 0.3) is 0 Å². The van der Waals surface area contributed by atoms with Crippen LogP contribution < -0.4 is 15.8 Å². The van der Waals surface area contributed by atoms with E-state index in [-0.39, 0.29) is 18.4 Å². The number of amides is 3. The number of para-hydroxylation sites is 1. The van der Waals surface area contributed by atoms with Crippen molar-refractivity contribution in [3.63, 3.8) is 0 Å². The van der Waals surface area contributed by atoms with Gasteiger partial charge < -0.3 is 10.5 Å². The first-order chi connectivity index (χ1) is 10.5. The Labute approximate surface area is 134 Å². The topological polar surface area (TPSA) is 84.7 Å². The van der Waals surface area contributed by atoms with Gasteiger partial charge in [-0.1, -0.05) is 23.7 Å². The van der Waals surface area contributed by atoms with Gasteiger partial charge in [-0.15, -0.1) is 0 Å². The number of ether oxygens (including phenoxy) is 1. The molecule has 0 aliphatic carbocycles. The minimum Gasteiger partial charge on any atom is -0.487 e. The van der Waals surface area contributed by atoms with Gasteiger partial charge in [-0.3, -0.25) is 15.0 Å². The van der Waals surface area contributed by atoms with Crippen molar-refractivity contribution in [2.24, 2.45) is 5.73 Å². The van der Waals surface area contributed by atoms with Gasteiger partial charge in [-0.2, -0.15) is 0 Å². The molecule has 1 aromatic rings. The molecule has 0 radical (unpaired) electrons. The van der Waals surface area contributed by atoms with E-state index in [1.807, 2.05) is 18.2 Å². The summed E-state index contributed by atoms with van der Waals surface area (Å²) >= 11 is 6.08. The van der Waals surface area contributed by atoms with Gasteiger partial charge in [-0.05, 0) is 31.5 Å². The summed E-state index contributed by atoms with van der Waals surface area (Å²) in [6.07, 6.45) is 2.01. The van der Waals surface area contributed by atoms with Crippen molar-refractivity contribution in [3.8, 4) is 5.75 Å². The molecule has 3 N–H and O–H groups in total. The largest absolute Gasteiger partial charge is 0.487 e. The number of urea groups is 1. The maximum Gasteiger partial charge on any atom is 0.318 e. The number of nitrogens with one attached hydrogen (secondary N) is 1. The van der Waals surface area contributed by atoms with E-state index in [0.29, 0.717) is 17.2 Å². The maximum absolute atomic E-state index is 11.3. The normalized spacial score (nSPS) is 18.1. The monoisotopic (exact) mass is 325 g/mol. The zero-order chi connectivity index (χ0) is 15.9. The van der Waals surface area contributed by atoms with E-state index in [1.54, 1.807) is 6.07 Å². The Hall–Kier alpha value is -1.79. The fourth-order valence-corrected chi connectivity index (χ4v) is 2.66. The van der Waals surface area contributed by atoms with Crippen LogP contribution in [0.3, 0.4) is 0 Å². The van der Waals surface area contributed by atoms with Crippen molar-refractivity contribution in [3.05, 3.63) is 29.3 Å². The van der Waals surface area contributed by atoms with Crippen LogP contribution in [0.15, 0.2) is 24.3 Å². The summed E-state index contributed by atoms with van der Waals surface area (Å²) in [5.74, 6) is 0.368. The molecule has 2 rings (SSSR count). The molecule has 1 atom stereocenters. The van der Waals surface area contributed by atoms with Crippen LogP contribution in [0.25, 0.3) is 0 Å². The minimum atomic E-state index is -0.806. The van der Waals surface area contributed by atoms with Crippen LogP contribution >= 0.6 is 11.6 Å². The lowest BCUT2D eigenvalue weighted by atomic mass is 10.3. The summed E-state index contributed by atoms with van der Waals surface area (Å²) in [7, 11) is 0. The van der Waals surface area contributed by atoms with Crippen LogP contribution in [-0.2, 0) is 4.79 Å². The molecule has 0 aromatic heterocycles. The van der Waals surface area contributed by atoms with Crippen molar-refractivity contribution < 1.29 is 14.3 Å². The first kappa shape index (κ1) is 16.6. The van der Waals surface area contributed by atoms with Crippen LogP contribution in [-0.4, -0.2) is 42.6 Å². The molecule has 22 heavy (non-hydrogen) atoms. The molecule has 6 nitrogen and oxygen atoms in total. The van der Waals surface area contributed by atoms with E-state index < -0.39 is 6.03 Å². The zero-order valence-electron chi connectivity index (χ0n) is 12.3. The third kappa shape index (κ3) is 5.20. The molecule has 0 saturated carbocycles. The average molecular weight is 326 g/mol. The Morgan fingerprint density at radius 2 is 2.18 bits per heavy atom. The van der Waals surface area contributed by atoms with E-state index in [9.17, 15) is 9.59 Å². The third-order valence-corrected chi connectivity index (χ3v) is 3.81. The second kappa shape index (κ2) is 8.00. The van der Waals surface area contributed by atoms with Crippen molar-refractivity contribution in [2.45, 2.75) is 25.4 Å². The number of halogens is 1. The maximum atomic E-state index is 11.3. The molecular weight excluding hydrogens is 306 g/mol. The average Bonchev–Trinajstić information content (AvgIpc) is 2.88. The summed E-state index contributed by atoms with van der Waals surface area (Å²) in [5, 5.41) is 2.67. The number of primary amides is 1. The molecule has 1 aromatic carbocycles. The highest BCUT2D eigenvalue weighted by atomic mass is 35.5. The smallest absolute Gasteiger partial charge is 0.318 e. The molecule has 0 unspecified atom stereocenters. The van der Waals surface area contributed by atoms with Gasteiger partial charge in [0.1, 0.15) is 11.9 Å². The summed E-state index contributed by atoms with van der Waals surface area (Å²) in [6.45, 7) is 2.52. The second-order valence-electron chi connectivity index (χ2n) is 5.28. The number of rotatable bonds is 6. The number of benzene rings is 1. The SMILES string of the molecule is NC(=O)NC(=O)CCCN1CC[C@H](Oc2ccccc2Cl)C1. The number of hydrogen-bond acceptors (Lipinski definition) is 4. The van der Waals surface area contributed by atoms with Crippen LogP contribution in [0.4, 0.5) is 4.79 Å². The number of hydrogen-bond donors (Lipinski definition) is 2. The molecule has 7 heteroatoms. The quantitative estimate of drug-likeness (QED) is 0.834. The van der Waals surface area contributed by atoms with E-state index in [0.717, 1.165) is 26.1 Å². The first-order valence-corrected chi connectivity index (χ1v) is 7.65. The molecule has 0 spiro atoms. The molecule has 1 aliphatic heterocycles. The lowest BCUT2D eigenvalue weighted by molar-refractivity contribution is -0.120. The number of imide groups is 1. The highest BCUT2D eigenvalue weighted by molar-refractivity contribution is 6.32. The van der Waals surface area contributed by atoms with Gasteiger partial charge in [0.05, 0.1) is 5.02 Å². The van der Waals surface area contributed by atoms with E-state index in [2.05, 4.69) is 10.2 Å². The number of nitrogens with zero attached hydrogens (tertiary/aromatic N) is 1. The van der Waals surface area contributed by atoms with Crippen LogP contribution in [0.2, 0.25) is 5.02 Å². The van der Waals surface area contributed by atoms with Gasteiger partial charge in [0.15, 0.2) is 0 Å². The lowest BCUT2D eigenvalue weighted by Gasteiger charge is -2.17. The molecule has 1 fully saturated rings. The Morgan fingerprint density at radius 1 is 1.41 bits per heavy atom. The van der Waals surface area contributed by atoms with Crippen molar-refractivity contribution in [2.75, 3.05) is 19.6 Å². The zero-order valence-corrected chi connectivity index (χ0v) is 13.0. The first-order valence-electron chi connectivity index (χ1n) is 7.27. The van der Waals surface area contributed by atoms with E-state index >= 15 is 0 Å². The van der Waals surface area contributed by atoms with E-state index in [4.69, 9.17) is 22.1 Å². The molecule has 120 valence electrons. The Balaban J connectivity index is 1.69. The lowest BCUT2D eigenvalue weighted by Crippen LogP contribution is -2.35. The Bertz CT molecular complexity index is 539.